The molecule has 1 fully saturated rings. The lowest BCUT2D eigenvalue weighted by Gasteiger charge is -2.20. The zero-order chi connectivity index (χ0) is 9.80. The minimum absolute atomic E-state index is 0.0420. The van der Waals surface area contributed by atoms with Gasteiger partial charge in [-0.15, -0.1) is 0 Å². The molecule has 0 atom stereocenters. The summed E-state index contributed by atoms with van der Waals surface area (Å²) in [5, 5.41) is 12.8. The molecule has 2 rings (SSSR count). The summed E-state index contributed by atoms with van der Waals surface area (Å²) in [6, 6.07) is 0. The second-order valence-electron chi connectivity index (χ2n) is 3.69. The van der Waals surface area contributed by atoms with Crippen molar-refractivity contribution in [1.29, 1.82) is 0 Å². The number of rotatable bonds is 3. The van der Waals surface area contributed by atoms with Crippen LogP contribution in [0.25, 0.3) is 0 Å². The monoisotopic (exact) mass is 213 g/mol. The summed E-state index contributed by atoms with van der Waals surface area (Å²) in [5.41, 5.74) is 0.850. The van der Waals surface area contributed by atoms with Gasteiger partial charge in [0, 0.05) is 12.0 Å². The Balaban J connectivity index is 1.95. The molecule has 14 heavy (non-hydrogen) atoms. The van der Waals surface area contributed by atoms with Gasteiger partial charge in [-0.3, -0.25) is 0 Å². The fourth-order valence-electron chi connectivity index (χ4n) is 1.79. The van der Waals surface area contributed by atoms with Gasteiger partial charge < -0.3 is 9.63 Å². The van der Waals surface area contributed by atoms with Crippen LogP contribution in [0.3, 0.4) is 0 Å². The summed E-state index contributed by atoms with van der Waals surface area (Å²) in [6.45, 7) is 0.0420. The second-order valence-corrected chi connectivity index (χ2v) is 4.92. The van der Waals surface area contributed by atoms with Crippen LogP contribution in [0.4, 0.5) is 0 Å². The van der Waals surface area contributed by atoms with Gasteiger partial charge in [-0.2, -0.15) is 11.8 Å². The molecular weight excluding hydrogens is 198 g/mol. The van der Waals surface area contributed by atoms with Gasteiger partial charge in [0.05, 0.1) is 12.8 Å². The summed E-state index contributed by atoms with van der Waals surface area (Å²) in [7, 11) is 0. The lowest BCUT2D eigenvalue weighted by atomic mass is 9.96. The van der Waals surface area contributed by atoms with Crippen LogP contribution in [0.1, 0.15) is 24.2 Å². The van der Waals surface area contributed by atoms with Crippen LogP contribution in [-0.4, -0.2) is 21.8 Å². The van der Waals surface area contributed by atoms with Crippen LogP contribution in [0.15, 0.2) is 10.7 Å². The molecule has 4 heteroatoms. The SMILES string of the molecule is OCc1cnoc1CC1CCSCC1. The number of hydrogen-bond acceptors (Lipinski definition) is 4. The molecule has 0 aromatic carbocycles. The highest BCUT2D eigenvalue weighted by atomic mass is 32.2. The molecule has 2 heterocycles. The Bertz CT molecular complexity index is 281. The number of nitrogens with zero attached hydrogens (tertiary/aromatic N) is 1. The van der Waals surface area contributed by atoms with E-state index >= 15 is 0 Å². The maximum atomic E-state index is 9.03. The number of aromatic nitrogens is 1. The predicted molar refractivity (Wildman–Crippen MR) is 56.2 cm³/mol. The maximum absolute atomic E-state index is 9.03. The first-order valence-electron chi connectivity index (χ1n) is 5.01. The Morgan fingerprint density at radius 3 is 3.00 bits per heavy atom. The van der Waals surface area contributed by atoms with E-state index in [-0.39, 0.29) is 6.61 Å². The molecule has 0 amide bonds. The molecular formula is C10H15NO2S. The van der Waals surface area contributed by atoms with E-state index < -0.39 is 0 Å². The van der Waals surface area contributed by atoms with E-state index in [1.54, 1.807) is 6.20 Å². The number of hydrogen-bond donors (Lipinski definition) is 1. The van der Waals surface area contributed by atoms with Crippen molar-refractivity contribution in [3.05, 3.63) is 17.5 Å². The van der Waals surface area contributed by atoms with Crippen molar-refractivity contribution in [3.63, 3.8) is 0 Å². The minimum atomic E-state index is 0.0420. The van der Waals surface area contributed by atoms with Gasteiger partial charge in [0.25, 0.3) is 0 Å². The van der Waals surface area contributed by atoms with Crippen LogP contribution >= 0.6 is 11.8 Å². The van der Waals surface area contributed by atoms with Crippen molar-refractivity contribution in [2.24, 2.45) is 5.92 Å². The third-order valence-corrected chi connectivity index (χ3v) is 3.76. The van der Waals surface area contributed by atoms with Crippen molar-refractivity contribution < 1.29 is 9.63 Å². The van der Waals surface area contributed by atoms with Crippen molar-refractivity contribution in [3.8, 4) is 0 Å². The summed E-state index contributed by atoms with van der Waals surface area (Å²) in [6.07, 6.45) is 5.08. The van der Waals surface area contributed by atoms with E-state index in [9.17, 15) is 0 Å². The Kier molecular flexibility index (Phi) is 3.48. The lowest BCUT2D eigenvalue weighted by molar-refractivity contribution is 0.274. The number of aliphatic hydroxyl groups excluding tert-OH is 1. The molecule has 1 aliphatic heterocycles. The molecule has 0 bridgehead atoms. The minimum Gasteiger partial charge on any atom is -0.391 e. The van der Waals surface area contributed by atoms with Gasteiger partial charge in [0.15, 0.2) is 0 Å². The van der Waals surface area contributed by atoms with Gasteiger partial charge >= 0.3 is 0 Å². The Hall–Kier alpha value is -0.480. The first-order chi connectivity index (χ1) is 6.90. The van der Waals surface area contributed by atoms with E-state index in [1.807, 2.05) is 11.8 Å². The third-order valence-electron chi connectivity index (χ3n) is 2.71. The van der Waals surface area contributed by atoms with E-state index in [2.05, 4.69) is 5.16 Å². The highest BCUT2D eigenvalue weighted by Gasteiger charge is 2.18. The Morgan fingerprint density at radius 2 is 2.29 bits per heavy atom. The predicted octanol–water partition coefficient (Wildman–Crippen LogP) is 1.85. The van der Waals surface area contributed by atoms with Crippen molar-refractivity contribution >= 4 is 11.8 Å². The molecule has 1 aliphatic rings. The van der Waals surface area contributed by atoms with Gasteiger partial charge in [-0.1, -0.05) is 5.16 Å². The van der Waals surface area contributed by atoms with Crippen LogP contribution in [0, 0.1) is 5.92 Å². The highest BCUT2D eigenvalue weighted by Crippen LogP contribution is 2.26. The summed E-state index contributed by atoms with van der Waals surface area (Å²) in [5.74, 6) is 4.11. The van der Waals surface area contributed by atoms with Crippen LogP contribution in [-0.2, 0) is 13.0 Å². The zero-order valence-electron chi connectivity index (χ0n) is 8.11. The lowest BCUT2D eigenvalue weighted by Crippen LogP contribution is -2.12. The number of aliphatic hydroxyl groups is 1. The molecule has 1 N–H and O–H groups in total. The highest BCUT2D eigenvalue weighted by molar-refractivity contribution is 7.99. The van der Waals surface area contributed by atoms with Gasteiger partial charge in [-0.05, 0) is 30.3 Å². The molecule has 0 saturated carbocycles. The fraction of sp³-hybridized carbons (Fsp3) is 0.700. The maximum Gasteiger partial charge on any atom is 0.142 e. The smallest absolute Gasteiger partial charge is 0.142 e. The van der Waals surface area contributed by atoms with E-state index in [0.29, 0.717) is 0 Å². The third kappa shape index (κ3) is 2.30. The normalized spacial score (nSPS) is 18.6. The first-order valence-corrected chi connectivity index (χ1v) is 6.16. The van der Waals surface area contributed by atoms with Crippen LogP contribution in [0.5, 0.6) is 0 Å². The fourth-order valence-corrected chi connectivity index (χ4v) is 3.00. The van der Waals surface area contributed by atoms with Crippen molar-refractivity contribution in [2.45, 2.75) is 25.9 Å². The van der Waals surface area contributed by atoms with Gasteiger partial charge in [0.2, 0.25) is 0 Å². The molecule has 78 valence electrons. The average Bonchev–Trinajstić information content (AvgIpc) is 2.67. The molecule has 3 nitrogen and oxygen atoms in total. The molecule has 1 aromatic heterocycles. The summed E-state index contributed by atoms with van der Waals surface area (Å²) < 4.78 is 5.14. The van der Waals surface area contributed by atoms with E-state index in [1.165, 1.54) is 24.3 Å². The molecule has 0 unspecified atom stereocenters. The molecule has 1 aromatic rings. The summed E-state index contributed by atoms with van der Waals surface area (Å²) >= 11 is 2.03. The van der Waals surface area contributed by atoms with E-state index in [0.717, 1.165) is 23.7 Å². The summed E-state index contributed by atoms with van der Waals surface area (Å²) in [4.78, 5) is 0. The zero-order valence-corrected chi connectivity index (χ0v) is 8.92. The van der Waals surface area contributed by atoms with E-state index in [4.69, 9.17) is 9.63 Å². The van der Waals surface area contributed by atoms with Crippen molar-refractivity contribution in [1.82, 2.24) is 5.16 Å². The largest absolute Gasteiger partial charge is 0.391 e. The molecule has 0 spiro atoms. The van der Waals surface area contributed by atoms with Crippen molar-refractivity contribution in [2.75, 3.05) is 11.5 Å². The second kappa shape index (κ2) is 4.84. The quantitative estimate of drug-likeness (QED) is 0.832. The Labute approximate surface area is 87.9 Å². The van der Waals surface area contributed by atoms with Gasteiger partial charge in [0.1, 0.15) is 5.76 Å². The topological polar surface area (TPSA) is 46.3 Å². The first kappa shape index (κ1) is 10.1. The molecule has 0 radical (unpaired) electrons. The molecule has 0 aliphatic carbocycles. The standard InChI is InChI=1S/C10H15NO2S/c12-7-9-6-11-13-10(9)5-8-1-3-14-4-2-8/h6,8,12H,1-5,7H2. The molecule has 1 saturated heterocycles. The average molecular weight is 213 g/mol. The van der Waals surface area contributed by atoms with Crippen LogP contribution < -0.4 is 0 Å². The van der Waals surface area contributed by atoms with Crippen LogP contribution in [0.2, 0.25) is 0 Å². The van der Waals surface area contributed by atoms with Gasteiger partial charge in [-0.25, -0.2) is 0 Å². The number of thioether (sulfide) groups is 1. The Morgan fingerprint density at radius 1 is 1.50 bits per heavy atom.